The monoisotopic (exact) mass is 413 g/mol. The van der Waals surface area contributed by atoms with E-state index < -0.39 is 6.10 Å². The molecule has 0 unspecified atom stereocenters. The topological polar surface area (TPSA) is 23.5 Å². The molecule has 0 aromatic heterocycles. The van der Waals surface area contributed by atoms with Gasteiger partial charge in [0.25, 0.3) is 0 Å². The Morgan fingerprint density at radius 3 is 1.88 bits per heavy atom. The van der Waals surface area contributed by atoms with Crippen molar-refractivity contribution in [3.8, 4) is 0 Å². The van der Waals surface area contributed by atoms with Crippen molar-refractivity contribution in [2.75, 3.05) is 0 Å². The van der Waals surface area contributed by atoms with Crippen LogP contribution in [0.2, 0.25) is 0 Å². The van der Waals surface area contributed by atoms with Crippen molar-refractivity contribution in [1.29, 1.82) is 0 Å². The molecule has 2 atom stereocenters. The molecular formula is C23H27NOSe. The number of hydrogen-bond donors (Lipinski definition) is 1. The molecule has 0 aliphatic heterocycles. The summed E-state index contributed by atoms with van der Waals surface area (Å²) in [7, 11) is 0. The summed E-state index contributed by atoms with van der Waals surface area (Å²) < 4.78 is 1.04. The van der Waals surface area contributed by atoms with E-state index >= 15 is 0 Å². The number of aliphatic hydroxyl groups excluding tert-OH is 1. The van der Waals surface area contributed by atoms with Crippen LogP contribution in [-0.4, -0.2) is 36.2 Å². The molecule has 0 amide bonds. The second-order valence-electron chi connectivity index (χ2n) is 6.59. The van der Waals surface area contributed by atoms with E-state index in [-0.39, 0.29) is 5.92 Å². The molecule has 26 heavy (non-hydrogen) atoms. The Morgan fingerprint density at radius 1 is 1.04 bits per heavy atom. The van der Waals surface area contributed by atoms with Crippen molar-refractivity contribution in [2.45, 2.75) is 32.5 Å². The molecule has 0 aliphatic rings. The molecule has 0 spiro atoms. The minimum absolute atomic E-state index is 0.0718. The molecule has 0 fully saturated rings. The van der Waals surface area contributed by atoms with Crippen LogP contribution < -0.4 is 0 Å². The fourth-order valence-corrected chi connectivity index (χ4v) is 3.68. The molecule has 2 rings (SSSR count). The van der Waals surface area contributed by atoms with Crippen LogP contribution in [0.25, 0.3) is 0 Å². The molecule has 2 aromatic carbocycles. The molecule has 136 valence electrons. The van der Waals surface area contributed by atoms with Gasteiger partial charge >= 0.3 is 165 Å². The van der Waals surface area contributed by atoms with Gasteiger partial charge in [-0.15, -0.1) is 0 Å². The van der Waals surface area contributed by atoms with Crippen LogP contribution >= 0.6 is 0 Å². The van der Waals surface area contributed by atoms with Gasteiger partial charge in [0.05, 0.1) is 0 Å². The summed E-state index contributed by atoms with van der Waals surface area (Å²) in [5.74, 6) is -0.0718. The molecule has 0 saturated carbocycles. The van der Waals surface area contributed by atoms with Crippen molar-refractivity contribution in [1.82, 2.24) is 4.90 Å². The minimum atomic E-state index is -0.599. The van der Waals surface area contributed by atoms with E-state index in [0.717, 1.165) is 23.2 Å². The summed E-state index contributed by atoms with van der Waals surface area (Å²) >= 11 is 3.23. The van der Waals surface area contributed by atoms with Crippen LogP contribution in [0.15, 0.2) is 85.5 Å². The van der Waals surface area contributed by atoms with E-state index in [9.17, 15) is 5.11 Å². The van der Waals surface area contributed by atoms with Crippen molar-refractivity contribution in [2.24, 2.45) is 5.92 Å². The average molecular weight is 412 g/mol. The van der Waals surface area contributed by atoms with Gasteiger partial charge in [-0.1, -0.05) is 0 Å². The first kappa shape index (κ1) is 20.4. The number of aliphatic hydroxyl groups is 1. The van der Waals surface area contributed by atoms with Gasteiger partial charge in [0.1, 0.15) is 0 Å². The second kappa shape index (κ2) is 10.3. The van der Waals surface area contributed by atoms with Crippen LogP contribution in [0.4, 0.5) is 0 Å². The third-order valence-corrected chi connectivity index (χ3v) is 5.54. The Morgan fingerprint density at radius 2 is 1.50 bits per heavy atom. The Labute approximate surface area is 165 Å². The predicted octanol–water partition coefficient (Wildman–Crippen LogP) is 4.12. The average Bonchev–Trinajstić information content (AvgIpc) is 2.66. The van der Waals surface area contributed by atoms with E-state index in [1.54, 1.807) is 0 Å². The van der Waals surface area contributed by atoms with Crippen molar-refractivity contribution in [3.63, 3.8) is 0 Å². The van der Waals surface area contributed by atoms with Crippen LogP contribution in [0.3, 0.4) is 0 Å². The zero-order chi connectivity index (χ0) is 18.9. The number of hydrogen-bond acceptors (Lipinski definition) is 2. The van der Waals surface area contributed by atoms with Gasteiger partial charge in [0.2, 0.25) is 0 Å². The van der Waals surface area contributed by atoms with E-state index in [0.29, 0.717) is 6.42 Å². The number of nitrogens with zero attached hydrogens (tertiary/aromatic N) is 1. The predicted molar refractivity (Wildman–Crippen MR) is 112 cm³/mol. The van der Waals surface area contributed by atoms with E-state index in [1.807, 2.05) is 25.1 Å². The molecule has 3 heteroatoms. The Bertz CT molecular complexity index is 685. The molecule has 1 N–H and O–H groups in total. The first-order chi connectivity index (χ1) is 12.5. The molecule has 2 nitrogen and oxygen atoms in total. The molecular weight excluding hydrogens is 385 g/mol. The first-order valence-electron chi connectivity index (χ1n) is 8.84. The van der Waals surface area contributed by atoms with Gasteiger partial charge in [-0.05, 0) is 0 Å². The first-order valence-corrected chi connectivity index (χ1v) is 9.69. The van der Waals surface area contributed by atoms with Crippen LogP contribution in [0, 0.1) is 5.92 Å². The number of rotatable bonds is 10. The quantitative estimate of drug-likeness (QED) is 0.469. The normalized spacial score (nSPS) is 12.8. The summed E-state index contributed by atoms with van der Waals surface area (Å²) in [6.45, 7) is 11.2. The zero-order valence-corrected chi connectivity index (χ0v) is 17.1. The number of benzene rings is 2. The Hall–Kier alpha value is -1.93. The molecule has 2 aromatic rings. The Kier molecular flexibility index (Phi) is 8.05. The molecule has 0 bridgehead atoms. The molecule has 0 saturated heterocycles. The van der Waals surface area contributed by atoms with Gasteiger partial charge in [-0.2, -0.15) is 0 Å². The van der Waals surface area contributed by atoms with Crippen LogP contribution in [0.5, 0.6) is 0 Å². The van der Waals surface area contributed by atoms with Crippen molar-refractivity contribution < 1.29 is 5.11 Å². The summed E-state index contributed by atoms with van der Waals surface area (Å²) in [5, 5.41) is 10.7. The maximum atomic E-state index is 10.7. The fourth-order valence-electron chi connectivity index (χ4n) is 2.94. The molecule has 0 aliphatic carbocycles. The summed E-state index contributed by atoms with van der Waals surface area (Å²) in [6.07, 6.45) is 1.95. The third-order valence-electron chi connectivity index (χ3n) is 4.37. The van der Waals surface area contributed by atoms with E-state index in [1.165, 1.54) is 11.1 Å². The molecule has 0 heterocycles. The summed E-state index contributed by atoms with van der Waals surface area (Å²) in [4.78, 5) is 2.30. The van der Waals surface area contributed by atoms with Gasteiger partial charge in [-0.3, -0.25) is 0 Å². The van der Waals surface area contributed by atoms with Crippen molar-refractivity contribution in [3.05, 3.63) is 96.6 Å². The van der Waals surface area contributed by atoms with Gasteiger partial charge < -0.3 is 0 Å². The fraction of sp³-hybridized carbons (Fsp3) is 0.261. The maximum absolute atomic E-state index is 10.7. The van der Waals surface area contributed by atoms with E-state index in [4.69, 9.17) is 0 Å². The van der Waals surface area contributed by atoms with Gasteiger partial charge in [-0.25, -0.2) is 0 Å². The van der Waals surface area contributed by atoms with Crippen LogP contribution in [-0.2, 0) is 13.1 Å². The third kappa shape index (κ3) is 5.81. The van der Waals surface area contributed by atoms with Gasteiger partial charge in [0, 0.05) is 0 Å². The SMILES string of the molecule is C=CC[C@@H](C(=[Se])N(Cc1ccccc1)Cc1ccccc1)[C@@H](O)C(=C)C. The summed E-state index contributed by atoms with van der Waals surface area (Å²) in [6, 6.07) is 20.8. The summed E-state index contributed by atoms with van der Waals surface area (Å²) in [5.41, 5.74) is 3.24. The standard InChI is InChI=1S/C23H27NOSe/c1-4-11-21(22(25)18(2)3)23(26)24(16-19-12-7-5-8-13-19)17-20-14-9-6-10-15-20/h4-10,12-15,21-22,25H,1-2,11,16-17H2,3H3/t21-,22+/m1/s1. The van der Waals surface area contributed by atoms with Gasteiger partial charge in [0.15, 0.2) is 0 Å². The zero-order valence-electron chi connectivity index (χ0n) is 15.3. The van der Waals surface area contributed by atoms with E-state index in [2.05, 4.69) is 82.2 Å². The Balaban J connectivity index is 2.29. The number of allylic oxidation sites excluding steroid dienone is 1. The second-order valence-corrected chi connectivity index (χ2v) is 7.47. The van der Waals surface area contributed by atoms with Crippen LogP contribution in [0.1, 0.15) is 24.5 Å². The van der Waals surface area contributed by atoms with Crippen molar-refractivity contribution >= 4 is 20.1 Å². The molecule has 0 radical (unpaired) electrons.